The number of fused-ring (bicyclic) bond motifs is 1. The van der Waals surface area contributed by atoms with Crippen molar-refractivity contribution in [1.29, 1.82) is 0 Å². The molecule has 4 aromatic rings. The molecule has 30 heavy (non-hydrogen) atoms. The van der Waals surface area contributed by atoms with E-state index in [1.807, 2.05) is 60.7 Å². The first-order valence-electron chi connectivity index (χ1n) is 9.52. The molecule has 0 aliphatic heterocycles. The zero-order chi connectivity index (χ0) is 20.9. The quantitative estimate of drug-likeness (QED) is 0.363. The highest BCUT2D eigenvalue weighted by Gasteiger charge is 2.10. The van der Waals surface area contributed by atoms with E-state index in [0.717, 1.165) is 33.3 Å². The average molecular weight is 398 g/mol. The predicted molar refractivity (Wildman–Crippen MR) is 120 cm³/mol. The lowest BCUT2D eigenvalue weighted by atomic mass is 10.0. The Kier molecular flexibility index (Phi) is 5.57. The second-order valence-electron chi connectivity index (χ2n) is 6.80. The summed E-state index contributed by atoms with van der Waals surface area (Å²) in [6, 6.07) is 21.8. The maximum absolute atomic E-state index is 5.30. The molecule has 1 heterocycles. The number of rotatable bonds is 6. The molecule has 6 nitrogen and oxygen atoms in total. The first kappa shape index (κ1) is 19.4. The van der Waals surface area contributed by atoms with Crippen molar-refractivity contribution in [2.45, 2.75) is 6.92 Å². The smallest absolute Gasteiger partial charge is 0.244 e. The Hall–Kier alpha value is -3.93. The fourth-order valence-corrected chi connectivity index (χ4v) is 3.18. The molecule has 0 amide bonds. The van der Waals surface area contributed by atoms with Gasteiger partial charge in [-0.15, -0.1) is 0 Å². The van der Waals surface area contributed by atoms with E-state index in [9.17, 15) is 0 Å². The standard InChI is InChI=1S/C24H22N4O2/c1-16-9-10-22-21(11-16)23(18-7-5-4-6-8-18)27-24(26-22)28-25-15-17-12-19(29-2)14-20(13-17)30-3/h4-15H,1-3H3,(H,26,27,28)/b25-15+. The van der Waals surface area contributed by atoms with Gasteiger partial charge in [-0.05, 0) is 31.2 Å². The molecule has 3 aromatic carbocycles. The second kappa shape index (κ2) is 8.61. The number of anilines is 1. The summed E-state index contributed by atoms with van der Waals surface area (Å²) in [5.74, 6) is 1.82. The summed E-state index contributed by atoms with van der Waals surface area (Å²) in [6.45, 7) is 2.06. The van der Waals surface area contributed by atoms with Crippen LogP contribution >= 0.6 is 0 Å². The predicted octanol–water partition coefficient (Wildman–Crippen LogP) is 5.07. The Balaban J connectivity index is 1.68. The van der Waals surface area contributed by atoms with Crippen LogP contribution in [0.1, 0.15) is 11.1 Å². The van der Waals surface area contributed by atoms with E-state index in [2.05, 4.69) is 28.5 Å². The van der Waals surface area contributed by atoms with Gasteiger partial charge in [-0.1, -0.05) is 42.0 Å². The first-order valence-corrected chi connectivity index (χ1v) is 9.52. The summed E-state index contributed by atoms with van der Waals surface area (Å²) < 4.78 is 10.6. The molecule has 0 spiro atoms. The Bertz CT molecular complexity index is 1180. The molecule has 0 atom stereocenters. The molecule has 150 valence electrons. The zero-order valence-electron chi connectivity index (χ0n) is 17.1. The van der Waals surface area contributed by atoms with Crippen molar-refractivity contribution in [3.05, 3.63) is 77.9 Å². The highest BCUT2D eigenvalue weighted by molar-refractivity contribution is 5.93. The first-order chi connectivity index (χ1) is 14.7. The third-order valence-corrected chi connectivity index (χ3v) is 4.65. The number of benzene rings is 3. The van der Waals surface area contributed by atoms with E-state index in [4.69, 9.17) is 14.5 Å². The van der Waals surface area contributed by atoms with Gasteiger partial charge in [-0.2, -0.15) is 5.10 Å². The van der Waals surface area contributed by atoms with Gasteiger partial charge in [0.15, 0.2) is 0 Å². The summed E-state index contributed by atoms with van der Waals surface area (Å²) in [6.07, 6.45) is 1.68. The molecule has 0 fully saturated rings. The van der Waals surface area contributed by atoms with E-state index in [1.54, 1.807) is 20.4 Å². The maximum Gasteiger partial charge on any atom is 0.244 e. The van der Waals surface area contributed by atoms with E-state index < -0.39 is 0 Å². The van der Waals surface area contributed by atoms with Gasteiger partial charge in [-0.25, -0.2) is 15.4 Å². The van der Waals surface area contributed by atoms with Crippen LogP contribution in [0.5, 0.6) is 11.5 Å². The topological polar surface area (TPSA) is 68.6 Å². The molecule has 0 bridgehead atoms. The molecule has 1 aromatic heterocycles. The minimum absolute atomic E-state index is 0.427. The minimum Gasteiger partial charge on any atom is -0.497 e. The molecule has 6 heteroatoms. The van der Waals surface area contributed by atoms with Crippen LogP contribution in [0.3, 0.4) is 0 Å². The SMILES string of the molecule is COc1cc(/C=N/Nc2nc(-c3ccccc3)c3cc(C)ccc3n2)cc(OC)c1. The van der Waals surface area contributed by atoms with Gasteiger partial charge >= 0.3 is 0 Å². The molecule has 1 N–H and O–H groups in total. The summed E-state index contributed by atoms with van der Waals surface area (Å²) in [5, 5.41) is 5.32. The fourth-order valence-electron chi connectivity index (χ4n) is 3.18. The minimum atomic E-state index is 0.427. The van der Waals surface area contributed by atoms with Gasteiger partial charge in [0.25, 0.3) is 0 Å². The van der Waals surface area contributed by atoms with Crippen molar-refractivity contribution in [2.75, 3.05) is 19.6 Å². The summed E-state index contributed by atoms with van der Waals surface area (Å²) in [4.78, 5) is 9.34. The Morgan fingerprint density at radius 3 is 2.30 bits per heavy atom. The van der Waals surface area contributed by atoms with Gasteiger partial charge in [-0.3, -0.25) is 0 Å². The number of aromatic nitrogens is 2. The lowest BCUT2D eigenvalue weighted by molar-refractivity contribution is 0.394. The van der Waals surface area contributed by atoms with Crippen molar-refractivity contribution < 1.29 is 9.47 Å². The third kappa shape index (κ3) is 4.22. The number of hydrogen-bond donors (Lipinski definition) is 1. The number of aryl methyl sites for hydroxylation is 1. The van der Waals surface area contributed by atoms with Crippen LogP contribution in [0.4, 0.5) is 5.95 Å². The number of methoxy groups -OCH3 is 2. The van der Waals surface area contributed by atoms with Crippen LogP contribution < -0.4 is 14.9 Å². The molecular weight excluding hydrogens is 376 g/mol. The largest absolute Gasteiger partial charge is 0.497 e. The fraction of sp³-hybridized carbons (Fsp3) is 0.125. The summed E-state index contributed by atoms with van der Waals surface area (Å²) in [5.41, 5.74) is 7.69. The van der Waals surface area contributed by atoms with Crippen LogP contribution in [-0.4, -0.2) is 30.4 Å². The summed E-state index contributed by atoms with van der Waals surface area (Å²) >= 11 is 0. The van der Waals surface area contributed by atoms with Crippen LogP contribution in [0.15, 0.2) is 71.8 Å². The van der Waals surface area contributed by atoms with Crippen molar-refractivity contribution in [3.63, 3.8) is 0 Å². The van der Waals surface area contributed by atoms with Crippen molar-refractivity contribution >= 4 is 23.1 Å². The number of hydrogen-bond acceptors (Lipinski definition) is 6. The number of ether oxygens (including phenoxy) is 2. The molecular formula is C24H22N4O2. The zero-order valence-corrected chi connectivity index (χ0v) is 17.1. The Morgan fingerprint density at radius 1 is 0.867 bits per heavy atom. The molecule has 0 aliphatic rings. The van der Waals surface area contributed by atoms with E-state index in [0.29, 0.717) is 17.4 Å². The van der Waals surface area contributed by atoms with Crippen molar-refractivity contribution in [2.24, 2.45) is 5.10 Å². The summed E-state index contributed by atoms with van der Waals surface area (Å²) in [7, 11) is 3.23. The van der Waals surface area contributed by atoms with Crippen LogP contribution in [0.25, 0.3) is 22.2 Å². The lowest BCUT2D eigenvalue weighted by Crippen LogP contribution is -2.00. The monoisotopic (exact) mass is 398 g/mol. The van der Waals surface area contributed by atoms with Gasteiger partial charge in [0.05, 0.1) is 31.6 Å². The van der Waals surface area contributed by atoms with Crippen molar-refractivity contribution in [1.82, 2.24) is 9.97 Å². The molecule has 0 aliphatic carbocycles. The van der Waals surface area contributed by atoms with Gasteiger partial charge in [0.2, 0.25) is 5.95 Å². The van der Waals surface area contributed by atoms with Gasteiger partial charge < -0.3 is 9.47 Å². The third-order valence-electron chi connectivity index (χ3n) is 4.65. The van der Waals surface area contributed by atoms with Crippen LogP contribution in [0.2, 0.25) is 0 Å². The maximum atomic E-state index is 5.30. The highest BCUT2D eigenvalue weighted by atomic mass is 16.5. The van der Waals surface area contributed by atoms with E-state index in [1.165, 1.54) is 0 Å². The molecule has 4 rings (SSSR count). The number of hydrazone groups is 1. The molecule has 0 saturated heterocycles. The molecule has 0 saturated carbocycles. The van der Waals surface area contributed by atoms with Crippen molar-refractivity contribution in [3.8, 4) is 22.8 Å². The Labute approximate surface area is 175 Å². The average Bonchev–Trinajstić information content (AvgIpc) is 2.79. The highest BCUT2D eigenvalue weighted by Crippen LogP contribution is 2.28. The van der Waals surface area contributed by atoms with Gasteiger partial charge in [0, 0.05) is 22.6 Å². The second-order valence-corrected chi connectivity index (χ2v) is 6.80. The molecule has 0 unspecified atom stereocenters. The van der Waals surface area contributed by atoms with E-state index in [-0.39, 0.29) is 0 Å². The van der Waals surface area contributed by atoms with E-state index >= 15 is 0 Å². The van der Waals surface area contributed by atoms with Crippen LogP contribution in [0, 0.1) is 6.92 Å². The lowest BCUT2D eigenvalue weighted by Gasteiger charge is -2.09. The molecule has 0 radical (unpaired) electrons. The number of nitrogens with zero attached hydrogens (tertiary/aromatic N) is 3. The number of nitrogens with one attached hydrogen (secondary N) is 1. The normalized spacial score (nSPS) is 11.0. The Morgan fingerprint density at radius 2 is 1.60 bits per heavy atom. The van der Waals surface area contributed by atoms with Gasteiger partial charge in [0.1, 0.15) is 11.5 Å². The van der Waals surface area contributed by atoms with Crippen LogP contribution in [-0.2, 0) is 0 Å².